The topological polar surface area (TPSA) is 88.2 Å². The van der Waals surface area contributed by atoms with E-state index < -0.39 is 5.97 Å². The van der Waals surface area contributed by atoms with Crippen molar-refractivity contribution in [2.75, 3.05) is 11.9 Å². The number of nitrogens with one attached hydrogen (secondary N) is 1. The fourth-order valence-electron chi connectivity index (χ4n) is 3.54. The Kier molecular flexibility index (Phi) is 6.48. The lowest BCUT2D eigenvalue weighted by molar-refractivity contribution is -0.137. The van der Waals surface area contributed by atoms with Crippen LogP contribution in [0.2, 0.25) is 5.02 Å². The zero-order valence-electron chi connectivity index (χ0n) is 16.8. The van der Waals surface area contributed by atoms with Gasteiger partial charge in [0.2, 0.25) is 5.71 Å². The van der Waals surface area contributed by atoms with E-state index in [2.05, 4.69) is 15.3 Å². The van der Waals surface area contributed by atoms with Gasteiger partial charge in [-0.1, -0.05) is 60.5 Å². The number of fused-ring (bicyclic) bond motifs is 1. The van der Waals surface area contributed by atoms with Gasteiger partial charge in [-0.2, -0.15) is 0 Å². The van der Waals surface area contributed by atoms with Gasteiger partial charge in [-0.25, -0.2) is 9.97 Å². The second kappa shape index (κ2) is 9.62. The molecule has 0 bridgehead atoms. The summed E-state index contributed by atoms with van der Waals surface area (Å²) in [6, 6.07) is 17.5. The number of carboxylic acids is 1. The summed E-state index contributed by atoms with van der Waals surface area (Å²) in [7, 11) is 0. The zero-order valence-corrected chi connectivity index (χ0v) is 17.6. The van der Waals surface area contributed by atoms with E-state index in [1.807, 2.05) is 54.6 Å². The number of carboxylic acid groups (broad SMARTS) is 1. The first-order valence-corrected chi connectivity index (χ1v) is 10.6. The summed E-state index contributed by atoms with van der Waals surface area (Å²) in [6.07, 6.45) is 4.02. The Morgan fingerprint density at radius 3 is 2.48 bits per heavy atom. The quantitative estimate of drug-likeness (QED) is 0.301. The highest BCUT2D eigenvalue weighted by atomic mass is 35.5. The molecule has 0 aliphatic heterocycles. The average molecular weight is 436 g/mol. The molecule has 0 spiro atoms. The number of halogens is 1. The molecule has 0 fully saturated rings. The number of hydrogen-bond donors (Lipinski definition) is 2. The first-order valence-electron chi connectivity index (χ1n) is 10.2. The molecule has 31 heavy (non-hydrogen) atoms. The van der Waals surface area contributed by atoms with Gasteiger partial charge in [0, 0.05) is 29.1 Å². The van der Waals surface area contributed by atoms with E-state index in [4.69, 9.17) is 21.1 Å². The summed E-state index contributed by atoms with van der Waals surface area (Å²) >= 11 is 6.11. The Hall–Kier alpha value is -3.38. The van der Waals surface area contributed by atoms with Gasteiger partial charge < -0.3 is 14.8 Å². The van der Waals surface area contributed by atoms with Crippen LogP contribution in [-0.2, 0) is 4.79 Å². The molecule has 2 aromatic heterocycles. The Bertz CT molecular complexity index is 1170. The third kappa shape index (κ3) is 4.86. The lowest BCUT2D eigenvalue weighted by atomic mass is 9.99. The summed E-state index contributed by atoms with van der Waals surface area (Å²) in [4.78, 5) is 19.5. The van der Waals surface area contributed by atoms with E-state index in [0.29, 0.717) is 29.5 Å². The molecule has 0 saturated heterocycles. The Morgan fingerprint density at radius 1 is 0.968 bits per heavy atom. The Morgan fingerprint density at radius 2 is 1.74 bits per heavy atom. The van der Waals surface area contributed by atoms with Crippen molar-refractivity contribution in [3.05, 3.63) is 65.9 Å². The Labute approximate surface area is 184 Å². The van der Waals surface area contributed by atoms with E-state index >= 15 is 0 Å². The van der Waals surface area contributed by atoms with Gasteiger partial charge in [-0.3, -0.25) is 4.79 Å². The second-order valence-corrected chi connectivity index (χ2v) is 7.65. The second-order valence-electron chi connectivity index (χ2n) is 7.21. The van der Waals surface area contributed by atoms with Gasteiger partial charge in [-0.05, 0) is 30.5 Å². The molecule has 0 aliphatic carbocycles. The first-order chi connectivity index (χ1) is 15.1. The lowest BCUT2D eigenvalue weighted by Crippen LogP contribution is -2.04. The SMILES string of the molecule is O=C(O)CCCCCNc1ncnc2oc(-c3ccccc3)c(-c3ccc(Cl)cc3)c12. The van der Waals surface area contributed by atoms with Crippen molar-refractivity contribution in [1.82, 2.24) is 9.97 Å². The summed E-state index contributed by atoms with van der Waals surface area (Å²) < 4.78 is 6.19. The molecule has 2 aromatic carbocycles. The van der Waals surface area contributed by atoms with Crippen molar-refractivity contribution in [1.29, 1.82) is 0 Å². The van der Waals surface area contributed by atoms with Crippen LogP contribution in [0.1, 0.15) is 25.7 Å². The van der Waals surface area contributed by atoms with Crippen LogP contribution >= 0.6 is 11.6 Å². The highest BCUT2D eigenvalue weighted by molar-refractivity contribution is 6.30. The molecule has 0 atom stereocenters. The smallest absolute Gasteiger partial charge is 0.303 e. The van der Waals surface area contributed by atoms with Gasteiger partial charge in [0.15, 0.2) is 0 Å². The van der Waals surface area contributed by atoms with Crippen molar-refractivity contribution in [3.8, 4) is 22.5 Å². The molecule has 158 valence electrons. The maximum absolute atomic E-state index is 10.7. The predicted molar refractivity (Wildman–Crippen MR) is 122 cm³/mol. The molecule has 0 saturated carbocycles. The van der Waals surface area contributed by atoms with Crippen LogP contribution in [0.3, 0.4) is 0 Å². The van der Waals surface area contributed by atoms with E-state index in [9.17, 15) is 4.79 Å². The molecular formula is C24H22ClN3O3. The lowest BCUT2D eigenvalue weighted by Gasteiger charge is -2.08. The number of rotatable bonds is 9. The molecule has 0 radical (unpaired) electrons. The van der Waals surface area contributed by atoms with Crippen LogP contribution in [0.4, 0.5) is 5.82 Å². The van der Waals surface area contributed by atoms with Crippen LogP contribution in [-0.4, -0.2) is 27.6 Å². The molecule has 7 heteroatoms. The fraction of sp³-hybridized carbons (Fsp3) is 0.208. The monoisotopic (exact) mass is 435 g/mol. The number of benzene rings is 2. The average Bonchev–Trinajstić information content (AvgIpc) is 3.17. The largest absolute Gasteiger partial charge is 0.481 e. The van der Waals surface area contributed by atoms with Gasteiger partial charge in [0.05, 0.1) is 5.39 Å². The molecular weight excluding hydrogens is 414 g/mol. The minimum atomic E-state index is -0.759. The van der Waals surface area contributed by atoms with Crippen molar-refractivity contribution < 1.29 is 14.3 Å². The molecule has 4 rings (SSSR count). The normalized spacial score (nSPS) is 11.0. The number of hydrogen-bond acceptors (Lipinski definition) is 5. The molecule has 2 heterocycles. The van der Waals surface area contributed by atoms with Crippen LogP contribution in [0.15, 0.2) is 65.3 Å². The summed E-state index contributed by atoms with van der Waals surface area (Å²) in [5.41, 5.74) is 3.32. The maximum atomic E-state index is 10.7. The summed E-state index contributed by atoms with van der Waals surface area (Å²) in [5.74, 6) is 0.659. The standard InChI is InChI=1S/C24H22ClN3O3/c25-18-12-10-16(11-13-18)20-21-23(26-14-6-2-5-9-19(29)30)27-15-28-24(21)31-22(20)17-7-3-1-4-8-17/h1,3-4,7-8,10-13,15H,2,5-6,9,14H2,(H,29,30)(H,26,27,28). The van der Waals surface area contributed by atoms with Crippen molar-refractivity contribution in [2.45, 2.75) is 25.7 Å². The van der Waals surface area contributed by atoms with Crippen molar-refractivity contribution in [3.63, 3.8) is 0 Å². The van der Waals surface area contributed by atoms with Crippen molar-refractivity contribution in [2.24, 2.45) is 0 Å². The molecule has 4 aromatic rings. The van der Waals surface area contributed by atoms with E-state index in [1.165, 1.54) is 6.33 Å². The van der Waals surface area contributed by atoms with E-state index in [-0.39, 0.29) is 6.42 Å². The zero-order chi connectivity index (χ0) is 21.6. The van der Waals surface area contributed by atoms with Gasteiger partial charge in [0.25, 0.3) is 0 Å². The van der Waals surface area contributed by atoms with Crippen molar-refractivity contribution >= 4 is 34.5 Å². The van der Waals surface area contributed by atoms with E-state index in [0.717, 1.165) is 40.7 Å². The molecule has 0 aliphatic rings. The predicted octanol–water partition coefficient (Wildman–Crippen LogP) is 6.27. The third-order valence-corrected chi connectivity index (χ3v) is 5.27. The van der Waals surface area contributed by atoms with Crippen LogP contribution < -0.4 is 5.32 Å². The highest BCUT2D eigenvalue weighted by Gasteiger charge is 2.21. The fourth-order valence-corrected chi connectivity index (χ4v) is 3.66. The molecule has 6 nitrogen and oxygen atoms in total. The summed E-state index contributed by atoms with van der Waals surface area (Å²) in [5, 5.41) is 13.6. The van der Waals surface area contributed by atoms with Crippen LogP contribution in [0, 0.1) is 0 Å². The number of aliphatic carboxylic acids is 1. The first kappa shape index (κ1) is 20.9. The summed E-state index contributed by atoms with van der Waals surface area (Å²) in [6.45, 7) is 0.678. The van der Waals surface area contributed by atoms with Gasteiger partial charge in [0.1, 0.15) is 17.9 Å². The number of furan rings is 1. The van der Waals surface area contributed by atoms with Crippen LogP contribution in [0.25, 0.3) is 33.6 Å². The highest BCUT2D eigenvalue weighted by Crippen LogP contribution is 2.42. The number of anilines is 1. The van der Waals surface area contributed by atoms with Gasteiger partial charge >= 0.3 is 5.97 Å². The number of carbonyl (C=O) groups is 1. The van der Waals surface area contributed by atoms with Crippen LogP contribution in [0.5, 0.6) is 0 Å². The number of aromatic nitrogens is 2. The third-order valence-electron chi connectivity index (χ3n) is 5.02. The molecule has 2 N–H and O–H groups in total. The van der Waals surface area contributed by atoms with E-state index in [1.54, 1.807) is 0 Å². The maximum Gasteiger partial charge on any atom is 0.303 e. The number of unbranched alkanes of at least 4 members (excludes halogenated alkanes) is 2. The minimum Gasteiger partial charge on any atom is -0.481 e. The molecule has 0 unspecified atom stereocenters. The molecule has 0 amide bonds. The minimum absolute atomic E-state index is 0.195. The van der Waals surface area contributed by atoms with Gasteiger partial charge in [-0.15, -0.1) is 0 Å². The number of nitrogens with zero attached hydrogens (tertiary/aromatic N) is 2. The Balaban J connectivity index is 1.70.